The van der Waals surface area contributed by atoms with E-state index in [4.69, 9.17) is 4.74 Å². The summed E-state index contributed by atoms with van der Waals surface area (Å²) in [6, 6.07) is 0.382. The van der Waals surface area contributed by atoms with Gasteiger partial charge in [-0.15, -0.1) is 0 Å². The van der Waals surface area contributed by atoms with Crippen molar-refractivity contribution in [2.45, 2.75) is 58.7 Å². The maximum atomic E-state index is 5.64. The highest BCUT2D eigenvalue weighted by atomic mass is 16.5. The summed E-state index contributed by atoms with van der Waals surface area (Å²) in [7, 11) is 0. The van der Waals surface area contributed by atoms with Crippen LogP contribution in [0.4, 0.5) is 0 Å². The van der Waals surface area contributed by atoms with Gasteiger partial charge < -0.3 is 14.6 Å². The lowest BCUT2D eigenvalue weighted by molar-refractivity contribution is -0.0294. The maximum Gasteiger partial charge on any atom is 0.125 e. The molecule has 0 aliphatic heterocycles. The second-order valence-electron chi connectivity index (χ2n) is 5.33. The third-order valence-electron chi connectivity index (χ3n) is 4.01. The van der Waals surface area contributed by atoms with Crippen LogP contribution >= 0.6 is 0 Å². The molecule has 0 aromatic carbocycles. The van der Waals surface area contributed by atoms with Crippen molar-refractivity contribution in [3.8, 4) is 0 Å². The standard InChI is InChI=1S/C15H27N3O/c1-4-16-14(15-17-7-8-18(15)5-2)11-12-9-13(10-12)19-6-3/h7-8,12-14,16H,4-6,9-11H2,1-3H3. The number of nitrogens with zero attached hydrogens (tertiary/aromatic N) is 2. The highest BCUT2D eigenvalue weighted by Crippen LogP contribution is 2.36. The highest BCUT2D eigenvalue weighted by Gasteiger charge is 2.32. The largest absolute Gasteiger partial charge is 0.378 e. The Kier molecular flexibility index (Phi) is 5.40. The highest BCUT2D eigenvalue weighted by molar-refractivity contribution is 5.01. The zero-order valence-electron chi connectivity index (χ0n) is 12.4. The molecule has 1 aromatic rings. The van der Waals surface area contributed by atoms with Crippen molar-refractivity contribution < 1.29 is 4.74 Å². The zero-order chi connectivity index (χ0) is 13.7. The number of nitrogens with one attached hydrogen (secondary N) is 1. The van der Waals surface area contributed by atoms with Crippen LogP contribution in [0.15, 0.2) is 12.4 Å². The molecular formula is C15H27N3O. The Labute approximate surface area is 116 Å². The van der Waals surface area contributed by atoms with Crippen LogP contribution in [0.25, 0.3) is 0 Å². The topological polar surface area (TPSA) is 39.1 Å². The van der Waals surface area contributed by atoms with Gasteiger partial charge in [-0.1, -0.05) is 6.92 Å². The Balaban J connectivity index is 1.90. The van der Waals surface area contributed by atoms with E-state index < -0.39 is 0 Å². The minimum atomic E-state index is 0.382. The molecule has 1 fully saturated rings. The predicted molar refractivity (Wildman–Crippen MR) is 77.1 cm³/mol. The second-order valence-corrected chi connectivity index (χ2v) is 5.33. The van der Waals surface area contributed by atoms with Gasteiger partial charge in [0, 0.05) is 25.5 Å². The number of hydrogen-bond donors (Lipinski definition) is 1. The van der Waals surface area contributed by atoms with E-state index in [9.17, 15) is 0 Å². The summed E-state index contributed by atoms with van der Waals surface area (Å²) in [5, 5.41) is 3.58. The fourth-order valence-electron chi connectivity index (χ4n) is 3.00. The summed E-state index contributed by atoms with van der Waals surface area (Å²) in [4.78, 5) is 4.54. The number of rotatable bonds is 8. The molecule has 4 nitrogen and oxygen atoms in total. The first kappa shape index (κ1) is 14.5. The Morgan fingerprint density at radius 1 is 1.42 bits per heavy atom. The first-order valence-electron chi connectivity index (χ1n) is 7.64. The van der Waals surface area contributed by atoms with Gasteiger partial charge in [-0.3, -0.25) is 0 Å². The molecule has 2 rings (SSSR count). The number of hydrogen-bond acceptors (Lipinski definition) is 3. The van der Waals surface area contributed by atoms with Crippen molar-refractivity contribution in [2.24, 2.45) is 5.92 Å². The van der Waals surface area contributed by atoms with Gasteiger partial charge in [0.05, 0.1) is 12.1 Å². The summed E-state index contributed by atoms with van der Waals surface area (Å²) < 4.78 is 7.89. The molecule has 4 heteroatoms. The third-order valence-corrected chi connectivity index (χ3v) is 4.01. The lowest BCUT2D eigenvalue weighted by Crippen LogP contribution is -2.35. The summed E-state index contributed by atoms with van der Waals surface area (Å²) in [6.07, 6.45) is 8.08. The van der Waals surface area contributed by atoms with Gasteiger partial charge >= 0.3 is 0 Å². The second kappa shape index (κ2) is 7.06. The lowest BCUT2D eigenvalue weighted by atomic mass is 9.78. The van der Waals surface area contributed by atoms with Crippen LogP contribution in [-0.4, -0.2) is 28.8 Å². The van der Waals surface area contributed by atoms with Crippen LogP contribution in [0.3, 0.4) is 0 Å². The van der Waals surface area contributed by atoms with Crippen LogP contribution in [0.1, 0.15) is 51.9 Å². The fraction of sp³-hybridized carbons (Fsp3) is 0.800. The van der Waals surface area contributed by atoms with Crippen molar-refractivity contribution in [1.82, 2.24) is 14.9 Å². The molecule has 108 valence electrons. The average molecular weight is 265 g/mol. The third kappa shape index (κ3) is 3.57. The van der Waals surface area contributed by atoms with E-state index in [0.29, 0.717) is 12.1 Å². The summed E-state index contributed by atoms with van der Waals surface area (Å²) in [5.41, 5.74) is 0. The molecule has 1 saturated carbocycles. The molecular weight excluding hydrogens is 238 g/mol. The number of aryl methyl sites for hydroxylation is 1. The minimum Gasteiger partial charge on any atom is -0.378 e. The monoisotopic (exact) mass is 265 g/mol. The average Bonchev–Trinajstić information content (AvgIpc) is 2.83. The normalized spacial score (nSPS) is 24.2. The molecule has 0 radical (unpaired) electrons. The van der Waals surface area contributed by atoms with Crippen LogP contribution in [0.5, 0.6) is 0 Å². The van der Waals surface area contributed by atoms with Crippen molar-refractivity contribution in [3.63, 3.8) is 0 Å². The molecule has 0 amide bonds. The van der Waals surface area contributed by atoms with Crippen molar-refractivity contribution in [3.05, 3.63) is 18.2 Å². The number of imidazole rings is 1. The zero-order valence-corrected chi connectivity index (χ0v) is 12.4. The van der Waals surface area contributed by atoms with E-state index in [1.807, 2.05) is 6.20 Å². The van der Waals surface area contributed by atoms with Crippen LogP contribution < -0.4 is 5.32 Å². The number of aromatic nitrogens is 2. The van der Waals surface area contributed by atoms with Gasteiger partial charge in [0.1, 0.15) is 5.82 Å². The lowest BCUT2D eigenvalue weighted by Gasteiger charge is -2.37. The van der Waals surface area contributed by atoms with Gasteiger partial charge in [-0.2, -0.15) is 0 Å². The molecule has 1 aromatic heterocycles. The van der Waals surface area contributed by atoms with Crippen molar-refractivity contribution in [1.29, 1.82) is 0 Å². The van der Waals surface area contributed by atoms with Crippen molar-refractivity contribution >= 4 is 0 Å². The van der Waals surface area contributed by atoms with E-state index in [0.717, 1.165) is 25.6 Å². The summed E-state index contributed by atoms with van der Waals surface area (Å²) in [6.45, 7) is 9.23. The molecule has 1 heterocycles. The summed E-state index contributed by atoms with van der Waals surface area (Å²) >= 11 is 0. The molecule has 1 unspecified atom stereocenters. The number of ether oxygens (including phenoxy) is 1. The van der Waals surface area contributed by atoms with Gasteiger partial charge in [0.15, 0.2) is 0 Å². The molecule has 1 aliphatic carbocycles. The van der Waals surface area contributed by atoms with Gasteiger partial charge in [0.2, 0.25) is 0 Å². The molecule has 1 N–H and O–H groups in total. The van der Waals surface area contributed by atoms with E-state index in [1.165, 1.54) is 25.1 Å². The Morgan fingerprint density at radius 3 is 2.84 bits per heavy atom. The van der Waals surface area contributed by atoms with Crippen LogP contribution in [0, 0.1) is 5.92 Å². The maximum absolute atomic E-state index is 5.64. The SMILES string of the molecule is CCNC(CC1CC(OCC)C1)c1nccn1CC. The van der Waals surface area contributed by atoms with E-state index in [2.05, 4.69) is 41.8 Å². The molecule has 19 heavy (non-hydrogen) atoms. The Bertz CT molecular complexity index is 371. The molecule has 0 bridgehead atoms. The summed E-state index contributed by atoms with van der Waals surface area (Å²) in [5.74, 6) is 1.96. The smallest absolute Gasteiger partial charge is 0.125 e. The van der Waals surface area contributed by atoms with Gasteiger partial charge in [-0.25, -0.2) is 4.98 Å². The quantitative estimate of drug-likeness (QED) is 0.785. The van der Waals surface area contributed by atoms with E-state index in [1.54, 1.807) is 0 Å². The van der Waals surface area contributed by atoms with Gasteiger partial charge in [0.25, 0.3) is 0 Å². The van der Waals surface area contributed by atoms with Gasteiger partial charge in [-0.05, 0) is 45.6 Å². The van der Waals surface area contributed by atoms with E-state index >= 15 is 0 Å². The predicted octanol–water partition coefficient (Wildman–Crippen LogP) is 2.76. The molecule has 0 spiro atoms. The molecule has 0 saturated heterocycles. The molecule has 1 atom stereocenters. The molecule has 1 aliphatic rings. The Hall–Kier alpha value is -0.870. The van der Waals surface area contributed by atoms with Crippen LogP contribution in [-0.2, 0) is 11.3 Å². The van der Waals surface area contributed by atoms with E-state index in [-0.39, 0.29) is 0 Å². The van der Waals surface area contributed by atoms with Crippen LogP contribution in [0.2, 0.25) is 0 Å². The Morgan fingerprint density at radius 2 is 2.21 bits per heavy atom. The first-order valence-corrected chi connectivity index (χ1v) is 7.64. The first-order chi connectivity index (χ1) is 9.28. The minimum absolute atomic E-state index is 0.382. The van der Waals surface area contributed by atoms with Crippen molar-refractivity contribution in [2.75, 3.05) is 13.2 Å². The fourth-order valence-corrected chi connectivity index (χ4v) is 3.00.